The molecule has 0 aliphatic carbocycles. The van der Waals surface area contributed by atoms with Crippen LogP contribution in [0.4, 0.5) is 13.2 Å². The van der Waals surface area contributed by atoms with E-state index in [9.17, 15) is 18.0 Å². The van der Waals surface area contributed by atoms with Gasteiger partial charge in [-0.2, -0.15) is 13.2 Å². The topological polar surface area (TPSA) is 29.1 Å². The Morgan fingerprint density at radius 2 is 1.61 bits per heavy atom. The van der Waals surface area contributed by atoms with E-state index in [1.807, 2.05) is 5.32 Å². The first-order valence-electron chi connectivity index (χ1n) is 6.58. The van der Waals surface area contributed by atoms with Crippen molar-refractivity contribution in [2.45, 2.75) is 59.1 Å². The molecule has 0 aromatic carbocycles. The lowest BCUT2D eigenvalue weighted by Gasteiger charge is -2.13. The van der Waals surface area contributed by atoms with Crippen LogP contribution in [0.1, 0.15) is 52.9 Å². The lowest BCUT2D eigenvalue weighted by molar-refractivity contribution is -0.173. The van der Waals surface area contributed by atoms with Crippen LogP contribution in [0, 0.1) is 11.8 Å². The van der Waals surface area contributed by atoms with Crippen molar-refractivity contribution in [3.05, 3.63) is 0 Å². The second kappa shape index (κ2) is 8.38. The molecule has 0 heterocycles. The zero-order chi connectivity index (χ0) is 14.2. The van der Waals surface area contributed by atoms with Crippen molar-refractivity contribution in [2.75, 3.05) is 6.54 Å². The van der Waals surface area contributed by atoms with Crippen LogP contribution >= 0.6 is 0 Å². The van der Waals surface area contributed by atoms with Crippen molar-refractivity contribution in [1.82, 2.24) is 5.32 Å². The van der Waals surface area contributed by atoms with E-state index in [-0.39, 0.29) is 6.54 Å². The van der Waals surface area contributed by atoms with Crippen molar-refractivity contribution in [3.63, 3.8) is 0 Å². The SMILES string of the molecule is CC(C)CCCC(C)CCCNC(=O)C(F)(F)F. The average molecular weight is 267 g/mol. The quantitative estimate of drug-likeness (QED) is 0.664. The van der Waals surface area contributed by atoms with Crippen molar-refractivity contribution < 1.29 is 18.0 Å². The molecule has 0 aliphatic heterocycles. The molecule has 0 rings (SSSR count). The third kappa shape index (κ3) is 9.31. The molecule has 108 valence electrons. The molecule has 1 atom stereocenters. The Labute approximate surface area is 107 Å². The summed E-state index contributed by atoms with van der Waals surface area (Å²) in [4.78, 5) is 10.5. The highest BCUT2D eigenvalue weighted by Crippen LogP contribution is 2.17. The number of carbonyl (C=O) groups is 1. The van der Waals surface area contributed by atoms with Crippen LogP contribution < -0.4 is 5.32 Å². The Hall–Kier alpha value is -0.740. The van der Waals surface area contributed by atoms with Crippen molar-refractivity contribution >= 4 is 5.91 Å². The van der Waals surface area contributed by atoms with Gasteiger partial charge in [0.15, 0.2) is 0 Å². The fraction of sp³-hybridized carbons (Fsp3) is 0.923. The van der Waals surface area contributed by atoms with E-state index in [2.05, 4.69) is 20.8 Å². The van der Waals surface area contributed by atoms with Gasteiger partial charge in [0, 0.05) is 6.54 Å². The summed E-state index contributed by atoms with van der Waals surface area (Å²) in [5, 5.41) is 1.89. The van der Waals surface area contributed by atoms with Gasteiger partial charge in [-0.25, -0.2) is 0 Å². The number of carbonyl (C=O) groups excluding carboxylic acids is 1. The summed E-state index contributed by atoms with van der Waals surface area (Å²) in [6.07, 6.45) is 0.151. The molecule has 0 aliphatic rings. The Morgan fingerprint density at radius 1 is 1.06 bits per heavy atom. The average Bonchev–Trinajstić information content (AvgIpc) is 2.22. The Bertz CT molecular complexity index is 239. The van der Waals surface area contributed by atoms with Gasteiger partial charge in [0.05, 0.1) is 0 Å². The molecule has 1 N–H and O–H groups in total. The van der Waals surface area contributed by atoms with Gasteiger partial charge in [-0.1, -0.05) is 40.0 Å². The summed E-state index contributed by atoms with van der Waals surface area (Å²) in [6, 6.07) is 0. The number of nitrogens with one attached hydrogen (secondary N) is 1. The van der Waals surface area contributed by atoms with Gasteiger partial charge < -0.3 is 5.32 Å². The van der Waals surface area contributed by atoms with Crippen LogP contribution in [-0.4, -0.2) is 18.6 Å². The largest absolute Gasteiger partial charge is 0.471 e. The molecule has 0 saturated carbocycles. The summed E-state index contributed by atoms with van der Waals surface area (Å²) in [6.45, 7) is 6.56. The molecule has 1 amide bonds. The van der Waals surface area contributed by atoms with Crippen LogP contribution in [0.25, 0.3) is 0 Å². The normalized spacial score (nSPS) is 13.7. The summed E-state index contributed by atoms with van der Waals surface area (Å²) < 4.78 is 35.6. The van der Waals surface area contributed by atoms with Crippen molar-refractivity contribution in [2.24, 2.45) is 11.8 Å². The summed E-state index contributed by atoms with van der Waals surface area (Å²) in [5.74, 6) is -0.634. The number of alkyl halides is 3. The minimum atomic E-state index is -4.76. The zero-order valence-corrected chi connectivity index (χ0v) is 11.4. The van der Waals surface area contributed by atoms with Gasteiger partial charge in [-0.15, -0.1) is 0 Å². The number of halogens is 3. The van der Waals surface area contributed by atoms with Gasteiger partial charge in [-0.05, 0) is 24.7 Å². The third-order valence-electron chi connectivity index (χ3n) is 2.90. The molecule has 0 bridgehead atoms. The van der Waals surface area contributed by atoms with E-state index in [4.69, 9.17) is 0 Å². The molecular weight excluding hydrogens is 243 g/mol. The Morgan fingerprint density at radius 3 is 2.11 bits per heavy atom. The maximum absolute atomic E-state index is 11.9. The number of rotatable bonds is 8. The molecular formula is C13H24F3NO. The first-order chi connectivity index (χ1) is 8.23. The summed E-state index contributed by atoms with van der Waals surface area (Å²) >= 11 is 0. The molecule has 0 saturated heterocycles. The lowest BCUT2D eigenvalue weighted by Crippen LogP contribution is -2.37. The third-order valence-corrected chi connectivity index (χ3v) is 2.90. The minimum absolute atomic E-state index is 0.104. The second-order valence-corrected chi connectivity index (χ2v) is 5.33. The van der Waals surface area contributed by atoms with Crippen molar-refractivity contribution in [1.29, 1.82) is 0 Å². The van der Waals surface area contributed by atoms with E-state index in [1.54, 1.807) is 0 Å². The van der Waals surface area contributed by atoms with Gasteiger partial charge in [0.25, 0.3) is 0 Å². The zero-order valence-electron chi connectivity index (χ0n) is 11.4. The fourth-order valence-corrected chi connectivity index (χ4v) is 1.77. The molecule has 18 heavy (non-hydrogen) atoms. The number of amides is 1. The molecule has 1 unspecified atom stereocenters. The molecule has 0 fully saturated rings. The second-order valence-electron chi connectivity index (χ2n) is 5.33. The molecule has 2 nitrogen and oxygen atoms in total. The predicted molar refractivity (Wildman–Crippen MR) is 66.2 cm³/mol. The molecule has 0 aromatic heterocycles. The molecule has 0 radical (unpaired) electrons. The van der Waals surface area contributed by atoms with E-state index in [1.165, 1.54) is 6.42 Å². The Kier molecular flexibility index (Phi) is 8.03. The standard InChI is InChI=1S/C13H24F3NO/c1-10(2)6-4-7-11(3)8-5-9-17-12(18)13(14,15)16/h10-11H,4-9H2,1-3H3,(H,17,18). The highest BCUT2D eigenvalue weighted by Gasteiger charge is 2.38. The monoisotopic (exact) mass is 267 g/mol. The van der Waals surface area contributed by atoms with Crippen LogP contribution in [0.2, 0.25) is 0 Å². The number of hydrogen-bond acceptors (Lipinski definition) is 1. The summed E-state index contributed by atoms with van der Waals surface area (Å²) in [7, 11) is 0. The summed E-state index contributed by atoms with van der Waals surface area (Å²) in [5.41, 5.74) is 0. The van der Waals surface area contributed by atoms with Crippen molar-refractivity contribution in [3.8, 4) is 0 Å². The van der Waals surface area contributed by atoms with E-state index >= 15 is 0 Å². The van der Waals surface area contributed by atoms with E-state index < -0.39 is 12.1 Å². The Balaban J connectivity index is 3.52. The molecule has 0 aromatic rings. The number of hydrogen-bond donors (Lipinski definition) is 1. The minimum Gasteiger partial charge on any atom is -0.348 e. The first-order valence-corrected chi connectivity index (χ1v) is 6.58. The highest BCUT2D eigenvalue weighted by molar-refractivity contribution is 5.81. The smallest absolute Gasteiger partial charge is 0.348 e. The van der Waals surface area contributed by atoms with Crippen LogP contribution in [0.5, 0.6) is 0 Å². The maximum atomic E-state index is 11.9. The van der Waals surface area contributed by atoms with Crippen LogP contribution in [-0.2, 0) is 4.79 Å². The van der Waals surface area contributed by atoms with Gasteiger partial charge >= 0.3 is 12.1 Å². The molecule has 0 spiro atoms. The molecule has 5 heteroatoms. The van der Waals surface area contributed by atoms with E-state index in [0.29, 0.717) is 18.3 Å². The van der Waals surface area contributed by atoms with Gasteiger partial charge in [-0.3, -0.25) is 4.79 Å². The predicted octanol–water partition coefficient (Wildman–Crippen LogP) is 3.91. The fourth-order valence-electron chi connectivity index (χ4n) is 1.77. The van der Waals surface area contributed by atoms with Crippen LogP contribution in [0.15, 0.2) is 0 Å². The van der Waals surface area contributed by atoms with Crippen LogP contribution in [0.3, 0.4) is 0 Å². The highest BCUT2D eigenvalue weighted by atomic mass is 19.4. The first kappa shape index (κ1) is 17.3. The maximum Gasteiger partial charge on any atom is 0.471 e. The lowest BCUT2D eigenvalue weighted by atomic mass is 9.96. The van der Waals surface area contributed by atoms with Gasteiger partial charge in [0.1, 0.15) is 0 Å². The van der Waals surface area contributed by atoms with Gasteiger partial charge in [0.2, 0.25) is 0 Å². The van der Waals surface area contributed by atoms with E-state index in [0.717, 1.165) is 19.3 Å².